The highest BCUT2D eigenvalue weighted by Gasteiger charge is 2.27. The normalized spacial score (nSPS) is 13.3. The first-order valence-electron chi connectivity index (χ1n) is 9.68. The van der Waals surface area contributed by atoms with Gasteiger partial charge in [0.05, 0.1) is 11.4 Å². The lowest BCUT2D eigenvalue weighted by atomic mass is 10.0. The minimum absolute atomic E-state index is 0.0804. The van der Waals surface area contributed by atoms with Crippen molar-refractivity contribution in [1.82, 2.24) is 0 Å². The molecule has 3 aromatic rings. The van der Waals surface area contributed by atoms with Crippen molar-refractivity contribution in [2.75, 3.05) is 23.3 Å². The Balaban J connectivity index is 1.65. The average Bonchev–Trinajstić information content (AvgIpc) is 2.88. The van der Waals surface area contributed by atoms with Gasteiger partial charge < -0.3 is 10.2 Å². The van der Waals surface area contributed by atoms with Crippen molar-refractivity contribution in [3.05, 3.63) is 93.7 Å². The molecule has 1 N–H and O–H groups in total. The minimum atomic E-state index is -0.423. The van der Waals surface area contributed by atoms with Crippen molar-refractivity contribution in [3.8, 4) is 0 Å². The SMILES string of the molecule is Cc1ccc(NC(=O)CN2C(=O)CN=C(c3ccccc3)c3cc(Br)ccc32)cc1F. The summed E-state index contributed by atoms with van der Waals surface area (Å²) >= 11 is 3.49. The van der Waals surface area contributed by atoms with Gasteiger partial charge in [-0.2, -0.15) is 0 Å². The summed E-state index contributed by atoms with van der Waals surface area (Å²) in [6.45, 7) is 1.36. The largest absolute Gasteiger partial charge is 0.324 e. The molecule has 0 spiro atoms. The van der Waals surface area contributed by atoms with Gasteiger partial charge in [-0.15, -0.1) is 0 Å². The number of benzene rings is 3. The third-order valence-electron chi connectivity index (χ3n) is 4.98. The topological polar surface area (TPSA) is 61.8 Å². The van der Waals surface area contributed by atoms with Gasteiger partial charge in [0.25, 0.3) is 0 Å². The van der Waals surface area contributed by atoms with Crippen LogP contribution in [0.25, 0.3) is 0 Å². The molecule has 0 saturated carbocycles. The molecule has 0 fully saturated rings. The number of aryl methyl sites for hydroxylation is 1. The third-order valence-corrected chi connectivity index (χ3v) is 5.48. The van der Waals surface area contributed by atoms with Crippen molar-refractivity contribution in [3.63, 3.8) is 0 Å². The lowest BCUT2D eigenvalue weighted by Crippen LogP contribution is -2.39. The van der Waals surface area contributed by atoms with Crippen LogP contribution in [0.1, 0.15) is 16.7 Å². The van der Waals surface area contributed by atoms with Crippen LogP contribution in [0, 0.1) is 12.7 Å². The third kappa shape index (κ3) is 4.56. The van der Waals surface area contributed by atoms with E-state index in [4.69, 9.17) is 0 Å². The molecule has 0 atom stereocenters. The monoisotopic (exact) mass is 479 g/mol. The molecule has 0 aromatic heterocycles. The lowest BCUT2D eigenvalue weighted by Gasteiger charge is -2.23. The summed E-state index contributed by atoms with van der Waals surface area (Å²) in [4.78, 5) is 31.5. The highest BCUT2D eigenvalue weighted by molar-refractivity contribution is 9.10. The van der Waals surface area contributed by atoms with Crippen LogP contribution in [-0.4, -0.2) is 30.6 Å². The number of hydrogen-bond acceptors (Lipinski definition) is 3. The predicted octanol–water partition coefficient (Wildman–Crippen LogP) is 4.72. The van der Waals surface area contributed by atoms with Gasteiger partial charge in [-0.25, -0.2) is 4.39 Å². The van der Waals surface area contributed by atoms with Gasteiger partial charge in [0.2, 0.25) is 11.8 Å². The Hall–Kier alpha value is -3.32. The maximum absolute atomic E-state index is 13.8. The van der Waals surface area contributed by atoms with E-state index in [0.29, 0.717) is 22.6 Å². The molecule has 1 heterocycles. The van der Waals surface area contributed by atoms with E-state index in [1.165, 1.54) is 11.0 Å². The Labute approximate surface area is 187 Å². The van der Waals surface area contributed by atoms with Crippen molar-refractivity contribution in [1.29, 1.82) is 0 Å². The first kappa shape index (κ1) is 20.9. The van der Waals surface area contributed by atoms with E-state index >= 15 is 0 Å². The van der Waals surface area contributed by atoms with E-state index in [-0.39, 0.29) is 19.0 Å². The fraction of sp³-hybridized carbons (Fsp3) is 0.125. The number of rotatable bonds is 4. The van der Waals surface area contributed by atoms with Crippen LogP contribution in [0.2, 0.25) is 0 Å². The summed E-state index contributed by atoms with van der Waals surface area (Å²) in [6.07, 6.45) is 0. The number of nitrogens with one attached hydrogen (secondary N) is 1. The Bertz CT molecular complexity index is 1190. The summed E-state index contributed by atoms with van der Waals surface area (Å²) in [5, 5.41) is 2.66. The summed E-state index contributed by atoms with van der Waals surface area (Å²) < 4.78 is 14.6. The van der Waals surface area contributed by atoms with Crippen LogP contribution in [0.5, 0.6) is 0 Å². The second-order valence-electron chi connectivity index (χ2n) is 7.18. The van der Waals surface area contributed by atoms with Gasteiger partial charge in [-0.05, 0) is 42.8 Å². The molecule has 0 bridgehead atoms. The van der Waals surface area contributed by atoms with Gasteiger partial charge in [0.1, 0.15) is 18.9 Å². The zero-order valence-electron chi connectivity index (χ0n) is 16.7. The number of benzodiazepines with no additional fused rings is 1. The number of amides is 2. The summed E-state index contributed by atoms with van der Waals surface area (Å²) in [6, 6.07) is 19.6. The van der Waals surface area contributed by atoms with Crippen LogP contribution in [0.3, 0.4) is 0 Å². The molecule has 2 amide bonds. The maximum Gasteiger partial charge on any atom is 0.249 e. The molecule has 3 aromatic carbocycles. The Morgan fingerprint density at radius 2 is 1.90 bits per heavy atom. The van der Waals surface area contributed by atoms with Gasteiger partial charge in [-0.3, -0.25) is 14.6 Å². The van der Waals surface area contributed by atoms with Crippen molar-refractivity contribution in [2.24, 2.45) is 4.99 Å². The number of anilines is 2. The predicted molar refractivity (Wildman–Crippen MR) is 123 cm³/mol. The lowest BCUT2D eigenvalue weighted by molar-refractivity contribution is -0.120. The summed E-state index contributed by atoms with van der Waals surface area (Å²) in [5.74, 6) is -1.12. The molecule has 31 heavy (non-hydrogen) atoms. The number of carbonyl (C=O) groups excluding carboxylic acids is 2. The second-order valence-corrected chi connectivity index (χ2v) is 8.10. The highest BCUT2D eigenvalue weighted by Crippen LogP contribution is 2.30. The van der Waals surface area contributed by atoms with Crippen molar-refractivity contribution < 1.29 is 14.0 Å². The van der Waals surface area contributed by atoms with Crippen LogP contribution in [0.4, 0.5) is 15.8 Å². The van der Waals surface area contributed by atoms with Crippen LogP contribution in [-0.2, 0) is 9.59 Å². The smallest absolute Gasteiger partial charge is 0.249 e. The average molecular weight is 480 g/mol. The number of halogens is 2. The second kappa shape index (κ2) is 8.81. The maximum atomic E-state index is 13.8. The number of nitrogens with zero attached hydrogens (tertiary/aromatic N) is 2. The van der Waals surface area contributed by atoms with E-state index in [1.54, 1.807) is 25.1 Å². The molecule has 1 aliphatic heterocycles. The molecular weight excluding hydrogens is 461 g/mol. The van der Waals surface area contributed by atoms with Crippen molar-refractivity contribution >= 4 is 44.8 Å². The molecule has 0 unspecified atom stereocenters. The van der Waals surface area contributed by atoms with Gasteiger partial charge in [0.15, 0.2) is 0 Å². The van der Waals surface area contributed by atoms with Crippen LogP contribution in [0.15, 0.2) is 76.2 Å². The quantitative estimate of drug-likeness (QED) is 0.588. The number of hydrogen-bond donors (Lipinski definition) is 1. The Morgan fingerprint density at radius 1 is 1.13 bits per heavy atom. The van der Waals surface area contributed by atoms with Gasteiger partial charge >= 0.3 is 0 Å². The first-order chi connectivity index (χ1) is 14.9. The molecule has 0 saturated heterocycles. The van der Waals surface area contributed by atoms with E-state index in [0.717, 1.165) is 15.6 Å². The molecule has 0 aliphatic carbocycles. The molecule has 4 rings (SSSR count). The molecule has 0 radical (unpaired) electrons. The summed E-state index contributed by atoms with van der Waals surface area (Å²) in [7, 11) is 0. The fourth-order valence-electron chi connectivity index (χ4n) is 3.42. The Kier molecular flexibility index (Phi) is 5.95. The van der Waals surface area contributed by atoms with Gasteiger partial charge in [0, 0.05) is 21.3 Å². The number of aliphatic imine (C=N–C) groups is 1. The molecule has 7 heteroatoms. The van der Waals surface area contributed by atoms with Crippen LogP contribution >= 0.6 is 15.9 Å². The van der Waals surface area contributed by atoms with Crippen LogP contribution < -0.4 is 10.2 Å². The zero-order chi connectivity index (χ0) is 22.0. The fourth-order valence-corrected chi connectivity index (χ4v) is 3.78. The van der Waals surface area contributed by atoms with E-state index in [9.17, 15) is 14.0 Å². The summed E-state index contributed by atoms with van der Waals surface area (Å²) in [5.41, 5.74) is 3.75. The molecular formula is C24H19BrFN3O2. The van der Waals surface area contributed by atoms with E-state index < -0.39 is 11.7 Å². The highest BCUT2D eigenvalue weighted by atomic mass is 79.9. The van der Waals surface area contributed by atoms with E-state index in [2.05, 4.69) is 26.2 Å². The van der Waals surface area contributed by atoms with Crippen molar-refractivity contribution in [2.45, 2.75) is 6.92 Å². The molecule has 156 valence electrons. The first-order valence-corrected chi connectivity index (χ1v) is 10.5. The molecule has 1 aliphatic rings. The number of carbonyl (C=O) groups is 2. The minimum Gasteiger partial charge on any atom is -0.324 e. The zero-order valence-corrected chi connectivity index (χ0v) is 18.3. The Morgan fingerprint density at radius 3 is 2.65 bits per heavy atom. The van der Waals surface area contributed by atoms with Gasteiger partial charge in [-0.1, -0.05) is 52.3 Å². The van der Waals surface area contributed by atoms with E-state index in [1.807, 2.05) is 42.5 Å². The molecule has 5 nitrogen and oxygen atoms in total. The number of fused-ring (bicyclic) bond motifs is 1. The standard InChI is InChI=1S/C24H19BrFN3O2/c1-15-7-9-18(12-20(15)26)28-22(30)14-29-21-10-8-17(25)11-19(21)24(27-13-23(29)31)16-5-3-2-4-6-16/h2-12H,13-14H2,1H3,(H,28,30).